The van der Waals surface area contributed by atoms with Crippen LogP contribution in [0.1, 0.15) is 48.2 Å². The number of hydrogen-bond donors (Lipinski definition) is 4. The summed E-state index contributed by atoms with van der Waals surface area (Å²) < 4.78 is 6.02. The quantitative estimate of drug-likeness (QED) is 0.203. The van der Waals surface area contributed by atoms with E-state index in [4.69, 9.17) is 36.3 Å². The van der Waals surface area contributed by atoms with Crippen LogP contribution in [0.4, 0.5) is 4.79 Å². The minimum Gasteiger partial charge on any atom is -0.492 e. The van der Waals surface area contributed by atoms with E-state index in [9.17, 15) is 9.90 Å². The van der Waals surface area contributed by atoms with Crippen LogP contribution in [0, 0.1) is 6.92 Å². The summed E-state index contributed by atoms with van der Waals surface area (Å²) in [5, 5.41) is 27.6. The van der Waals surface area contributed by atoms with E-state index in [2.05, 4.69) is 29.3 Å². The van der Waals surface area contributed by atoms with E-state index in [-0.39, 0.29) is 30.5 Å². The molecule has 1 amide bonds. The molecule has 0 radical (unpaired) electrons. The van der Waals surface area contributed by atoms with Crippen molar-refractivity contribution in [3.05, 3.63) is 70.9 Å². The molecule has 1 saturated carbocycles. The standard InChI is InChI=1S/C30H36ClN3O3.CH2O3.ClH/c1-20-8-4-5-11-24(20)25-13-15-27(30(36)32-22-9-6-10-23(35)19-22)33-29(25)21-12-14-26(31)28(18-21)37-17-7-16-34(2)3;2-1(3)4;/h4-5,8,11-15,18,22-23,35H,6-7,9-10,16-17,19H2,1-3H3,(H,32,36);(H2,2,3,4);1H. The SMILES string of the molecule is Cc1ccccc1-c1ccc(C(=O)NC2CCCC(O)C2)nc1-c1ccc(Cl)c(OCCCN(C)C)c1.Cl.O=C(O)O. The highest BCUT2D eigenvalue weighted by Gasteiger charge is 2.23. The maximum atomic E-state index is 13.2. The smallest absolute Gasteiger partial charge is 0.492 e. The van der Waals surface area contributed by atoms with Gasteiger partial charge in [-0.2, -0.15) is 0 Å². The first-order valence-corrected chi connectivity index (χ1v) is 14.0. The van der Waals surface area contributed by atoms with Gasteiger partial charge in [0.1, 0.15) is 11.4 Å². The van der Waals surface area contributed by atoms with Crippen molar-refractivity contribution in [2.45, 2.75) is 51.2 Å². The van der Waals surface area contributed by atoms with Crippen molar-refractivity contribution in [2.24, 2.45) is 0 Å². The number of amides is 1. The molecule has 11 heteroatoms. The lowest BCUT2D eigenvalue weighted by Crippen LogP contribution is -2.40. The first-order valence-electron chi connectivity index (χ1n) is 13.6. The first kappa shape index (κ1) is 34.8. The number of carbonyl (C=O) groups excluding carboxylic acids is 1. The van der Waals surface area contributed by atoms with E-state index in [0.717, 1.165) is 54.5 Å². The fourth-order valence-electron chi connectivity index (χ4n) is 4.78. The predicted octanol–water partition coefficient (Wildman–Crippen LogP) is 6.39. The molecule has 228 valence electrons. The third-order valence-electron chi connectivity index (χ3n) is 6.76. The van der Waals surface area contributed by atoms with Crippen LogP contribution in [-0.2, 0) is 0 Å². The highest BCUT2D eigenvalue weighted by Crippen LogP contribution is 2.36. The van der Waals surface area contributed by atoms with Gasteiger partial charge in [-0.05, 0) is 88.5 Å². The average molecular weight is 621 g/mol. The molecule has 0 bridgehead atoms. The number of pyridine rings is 1. The first-order chi connectivity index (χ1) is 19.5. The number of carboxylic acid groups (broad SMARTS) is 2. The molecule has 1 aromatic heterocycles. The Balaban J connectivity index is 0.00000116. The van der Waals surface area contributed by atoms with Gasteiger partial charge in [0, 0.05) is 23.7 Å². The number of benzene rings is 2. The lowest BCUT2D eigenvalue weighted by molar-refractivity contribution is 0.0845. The summed E-state index contributed by atoms with van der Waals surface area (Å²) >= 11 is 6.47. The second-order valence-corrected chi connectivity index (χ2v) is 10.7. The fourth-order valence-corrected chi connectivity index (χ4v) is 4.95. The normalized spacial score (nSPS) is 16.0. The molecule has 0 spiro atoms. The van der Waals surface area contributed by atoms with Crippen molar-refractivity contribution in [1.82, 2.24) is 15.2 Å². The number of ether oxygens (including phenoxy) is 1. The Bertz CT molecular complexity index is 1330. The van der Waals surface area contributed by atoms with Crippen molar-refractivity contribution in [3.8, 4) is 28.1 Å². The molecule has 42 heavy (non-hydrogen) atoms. The summed E-state index contributed by atoms with van der Waals surface area (Å²) in [6.07, 6.45) is 1.81. The van der Waals surface area contributed by atoms with Crippen LogP contribution in [-0.4, -0.2) is 76.7 Å². The predicted molar refractivity (Wildman–Crippen MR) is 167 cm³/mol. The molecular formula is C31H39Cl2N3O6. The van der Waals surface area contributed by atoms with E-state index >= 15 is 0 Å². The number of nitrogens with one attached hydrogen (secondary N) is 1. The van der Waals surface area contributed by atoms with E-state index in [1.807, 2.05) is 50.5 Å². The van der Waals surface area contributed by atoms with Gasteiger partial charge in [0.05, 0.1) is 23.4 Å². The lowest BCUT2D eigenvalue weighted by Gasteiger charge is -2.26. The van der Waals surface area contributed by atoms with E-state index in [1.165, 1.54) is 0 Å². The van der Waals surface area contributed by atoms with Crippen LogP contribution in [0.25, 0.3) is 22.4 Å². The highest BCUT2D eigenvalue weighted by atomic mass is 35.5. The number of aryl methyl sites for hydroxylation is 1. The van der Waals surface area contributed by atoms with Crippen molar-refractivity contribution < 1.29 is 29.6 Å². The third-order valence-corrected chi connectivity index (χ3v) is 7.07. The molecule has 1 aliphatic carbocycles. The number of aliphatic hydroxyl groups is 1. The van der Waals surface area contributed by atoms with Gasteiger partial charge in [-0.3, -0.25) is 4.79 Å². The Hall–Kier alpha value is -3.37. The van der Waals surface area contributed by atoms with Crippen molar-refractivity contribution in [2.75, 3.05) is 27.2 Å². The summed E-state index contributed by atoms with van der Waals surface area (Å²) in [5.41, 5.74) is 4.97. The molecule has 3 aromatic rings. The molecule has 0 saturated heterocycles. The topological polar surface area (TPSA) is 132 Å². The summed E-state index contributed by atoms with van der Waals surface area (Å²) in [5.74, 6) is 0.368. The summed E-state index contributed by atoms with van der Waals surface area (Å²) in [6, 6.07) is 17.5. The molecule has 2 atom stereocenters. The monoisotopic (exact) mass is 619 g/mol. The Morgan fingerprint density at radius 2 is 1.79 bits per heavy atom. The highest BCUT2D eigenvalue weighted by molar-refractivity contribution is 6.32. The second kappa shape index (κ2) is 16.9. The van der Waals surface area contributed by atoms with Gasteiger partial charge in [-0.25, -0.2) is 9.78 Å². The zero-order valence-electron chi connectivity index (χ0n) is 24.0. The van der Waals surface area contributed by atoms with Gasteiger partial charge in [-0.1, -0.05) is 41.9 Å². The molecule has 1 fully saturated rings. The van der Waals surface area contributed by atoms with E-state index in [0.29, 0.717) is 35.2 Å². The average Bonchev–Trinajstić information content (AvgIpc) is 2.91. The van der Waals surface area contributed by atoms with Crippen molar-refractivity contribution in [3.63, 3.8) is 0 Å². The van der Waals surface area contributed by atoms with Crippen LogP contribution in [0.5, 0.6) is 5.75 Å². The molecule has 1 aliphatic rings. The number of carbonyl (C=O) groups is 2. The molecule has 0 aliphatic heterocycles. The number of aliphatic hydroxyl groups excluding tert-OH is 1. The van der Waals surface area contributed by atoms with Crippen LogP contribution in [0.3, 0.4) is 0 Å². The largest absolute Gasteiger partial charge is 0.503 e. The van der Waals surface area contributed by atoms with Gasteiger partial charge < -0.3 is 30.3 Å². The van der Waals surface area contributed by atoms with Crippen LogP contribution >= 0.6 is 24.0 Å². The molecule has 2 aromatic carbocycles. The van der Waals surface area contributed by atoms with Crippen LogP contribution < -0.4 is 10.1 Å². The minimum atomic E-state index is -1.83. The fraction of sp³-hybridized carbons (Fsp3) is 0.387. The zero-order chi connectivity index (χ0) is 29.9. The summed E-state index contributed by atoms with van der Waals surface area (Å²) in [7, 11) is 4.07. The van der Waals surface area contributed by atoms with Crippen molar-refractivity contribution >= 4 is 36.1 Å². The Morgan fingerprint density at radius 1 is 1.07 bits per heavy atom. The lowest BCUT2D eigenvalue weighted by atomic mass is 9.93. The molecule has 4 rings (SSSR count). The maximum absolute atomic E-state index is 13.2. The second-order valence-electron chi connectivity index (χ2n) is 10.3. The van der Waals surface area contributed by atoms with Crippen molar-refractivity contribution in [1.29, 1.82) is 0 Å². The van der Waals surface area contributed by atoms with Gasteiger partial charge >= 0.3 is 6.16 Å². The number of halogens is 2. The molecule has 1 heterocycles. The maximum Gasteiger partial charge on any atom is 0.503 e. The molecule has 2 unspecified atom stereocenters. The number of aromatic nitrogens is 1. The van der Waals surface area contributed by atoms with Gasteiger partial charge in [0.2, 0.25) is 0 Å². The van der Waals surface area contributed by atoms with Gasteiger partial charge in [0.25, 0.3) is 5.91 Å². The Kier molecular flexibility index (Phi) is 14.0. The van der Waals surface area contributed by atoms with Gasteiger partial charge in [0.15, 0.2) is 0 Å². The molecular weight excluding hydrogens is 581 g/mol. The summed E-state index contributed by atoms with van der Waals surface area (Å²) in [6.45, 7) is 3.54. The summed E-state index contributed by atoms with van der Waals surface area (Å²) in [4.78, 5) is 28.7. The molecule has 4 N–H and O–H groups in total. The van der Waals surface area contributed by atoms with Gasteiger partial charge in [-0.15, -0.1) is 12.4 Å². The molecule has 9 nitrogen and oxygen atoms in total. The van der Waals surface area contributed by atoms with Crippen LogP contribution in [0.15, 0.2) is 54.6 Å². The third kappa shape index (κ3) is 10.5. The van der Waals surface area contributed by atoms with E-state index in [1.54, 1.807) is 6.07 Å². The number of hydrogen-bond acceptors (Lipinski definition) is 6. The minimum absolute atomic E-state index is 0. The Morgan fingerprint density at radius 3 is 2.45 bits per heavy atom. The number of nitrogens with zero attached hydrogens (tertiary/aromatic N) is 2. The van der Waals surface area contributed by atoms with E-state index < -0.39 is 6.16 Å². The van der Waals surface area contributed by atoms with Crippen LogP contribution in [0.2, 0.25) is 5.02 Å². The Labute approximate surface area is 257 Å². The number of rotatable bonds is 9. The zero-order valence-corrected chi connectivity index (χ0v) is 25.6.